The lowest BCUT2D eigenvalue weighted by Crippen LogP contribution is -2.50. The number of hydrogen-bond donors (Lipinski definition) is 2. The summed E-state index contributed by atoms with van der Waals surface area (Å²) in [4.78, 5) is 19.6. The van der Waals surface area contributed by atoms with Gasteiger partial charge in [0.2, 0.25) is 5.91 Å². The molecule has 0 aliphatic carbocycles. The SMILES string of the molecule is COC(C)(C)C(c1nc(-c2cc(F)ccc2F)cn1Cc1ccccc1)N(CC1CCNC1)C(=O)CO. The topological polar surface area (TPSA) is 79.6 Å². The zero-order chi connectivity index (χ0) is 26.6. The number of nitrogens with one attached hydrogen (secondary N) is 1. The van der Waals surface area contributed by atoms with Crippen molar-refractivity contribution in [3.05, 3.63) is 77.8 Å². The molecule has 1 aliphatic rings. The van der Waals surface area contributed by atoms with Crippen LogP contribution in [-0.2, 0) is 16.1 Å². The van der Waals surface area contributed by atoms with Gasteiger partial charge in [0.1, 0.15) is 30.1 Å². The molecule has 0 radical (unpaired) electrons. The average molecular weight is 513 g/mol. The maximum atomic E-state index is 14.8. The molecule has 0 saturated carbocycles. The molecule has 4 rings (SSSR count). The fraction of sp³-hybridized carbons (Fsp3) is 0.429. The van der Waals surface area contributed by atoms with Crippen LogP contribution in [0.15, 0.2) is 54.7 Å². The van der Waals surface area contributed by atoms with Gasteiger partial charge in [0, 0.05) is 32.0 Å². The van der Waals surface area contributed by atoms with Gasteiger partial charge in [-0.3, -0.25) is 4.79 Å². The quantitative estimate of drug-likeness (QED) is 0.432. The van der Waals surface area contributed by atoms with Crippen molar-refractivity contribution in [3.63, 3.8) is 0 Å². The number of halogens is 2. The number of aliphatic hydroxyl groups is 1. The Bertz CT molecular complexity index is 1210. The van der Waals surface area contributed by atoms with Crippen molar-refractivity contribution in [2.75, 3.05) is 33.4 Å². The standard InChI is InChI=1S/C28H34F2N4O3/c1-28(2,37-3)26(34(25(36)18-35)16-20-11-12-31-14-20)27-32-24(22-13-21(29)9-10-23(22)30)17-33(27)15-19-7-5-4-6-8-19/h4-10,13,17,20,26,31,35H,11-12,14-16,18H2,1-3H3. The molecule has 0 spiro atoms. The van der Waals surface area contributed by atoms with Crippen molar-refractivity contribution in [1.29, 1.82) is 0 Å². The zero-order valence-electron chi connectivity index (χ0n) is 21.5. The summed E-state index contributed by atoms with van der Waals surface area (Å²) < 4.78 is 36.6. The molecule has 2 unspecified atom stereocenters. The summed E-state index contributed by atoms with van der Waals surface area (Å²) >= 11 is 0. The number of benzene rings is 2. The Hall–Kier alpha value is -3.14. The summed E-state index contributed by atoms with van der Waals surface area (Å²) in [6.45, 7) is 5.44. The molecule has 1 amide bonds. The molecular formula is C28H34F2N4O3. The van der Waals surface area contributed by atoms with Crippen molar-refractivity contribution in [2.45, 2.75) is 38.5 Å². The van der Waals surface area contributed by atoms with Gasteiger partial charge in [0.15, 0.2) is 0 Å². The fourth-order valence-electron chi connectivity index (χ4n) is 4.91. The number of ether oxygens (including phenoxy) is 1. The molecule has 3 aromatic rings. The molecule has 2 N–H and O–H groups in total. The Morgan fingerprint density at radius 1 is 1.27 bits per heavy atom. The molecule has 1 saturated heterocycles. The van der Waals surface area contributed by atoms with E-state index in [-0.39, 0.29) is 17.2 Å². The maximum Gasteiger partial charge on any atom is 0.249 e. The summed E-state index contributed by atoms with van der Waals surface area (Å²) in [5.74, 6) is -0.962. The number of rotatable bonds is 10. The number of carbonyl (C=O) groups excluding carboxylic acids is 1. The van der Waals surface area contributed by atoms with E-state index in [0.29, 0.717) is 18.9 Å². The Morgan fingerprint density at radius 2 is 2.03 bits per heavy atom. The van der Waals surface area contributed by atoms with Crippen LogP contribution in [0.4, 0.5) is 8.78 Å². The van der Waals surface area contributed by atoms with Gasteiger partial charge in [-0.25, -0.2) is 13.8 Å². The molecule has 1 aromatic heterocycles. The second-order valence-corrected chi connectivity index (χ2v) is 10.00. The first-order valence-electron chi connectivity index (χ1n) is 12.5. The Balaban J connectivity index is 1.88. The third-order valence-corrected chi connectivity index (χ3v) is 7.02. The van der Waals surface area contributed by atoms with Crippen LogP contribution < -0.4 is 5.32 Å². The predicted molar refractivity (Wildman–Crippen MR) is 137 cm³/mol. The van der Waals surface area contributed by atoms with Gasteiger partial charge in [0.05, 0.1) is 11.3 Å². The van der Waals surface area contributed by atoms with E-state index < -0.39 is 35.8 Å². The van der Waals surface area contributed by atoms with Crippen LogP contribution in [-0.4, -0.2) is 64.4 Å². The molecule has 0 bridgehead atoms. The van der Waals surface area contributed by atoms with Crippen LogP contribution in [0.2, 0.25) is 0 Å². The fourth-order valence-corrected chi connectivity index (χ4v) is 4.91. The Morgan fingerprint density at radius 3 is 2.68 bits per heavy atom. The molecule has 1 fully saturated rings. The van der Waals surface area contributed by atoms with Crippen LogP contribution in [0.3, 0.4) is 0 Å². The number of amides is 1. The molecule has 7 nitrogen and oxygen atoms in total. The summed E-state index contributed by atoms with van der Waals surface area (Å²) in [7, 11) is 1.56. The largest absolute Gasteiger partial charge is 0.387 e. The van der Waals surface area contributed by atoms with E-state index in [2.05, 4.69) is 5.32 Å². The lowest BCUT2D eigenvalue weighted by atomic mass is 9.94. The molecule has 2 heterocycles. The Labute approximate surface area is 216 Å². The third kappa shape index (κ3) is 6.06. The van der Waals surface area contributed by atoms with Gasteiger partial charge in [-0.05, 0) is 63.0 Å². The van der Waals surface area contributed by atoms with E-state index in [4.69, 9.17) is 9.72 Å². The van der Waals surface area contributed by atoms with E-state index >= 15 is 0 Å². The average Bonchev–Trinajstić information content (AvgIpc) is 3.55. The molecule has 37 heavy (non-hydrogen) atoms. The number of carbonyl (C=O) groups is 1. The maximum absolute atomic E-state index is 14.8. The lowest BCUT2D eigenvalue weighted by Gasteiger charge is -2.41. The number of methoxy groups -OCH3 is 1. The number of hydrogen-bond acceptors (Lipinski definition) is 5. The summed E-state index contributed by atoms with van der Waals surface area (Å²) in [6.07, 6.45) is 2.57. The number of nitrogens with zero attached hydrogens (tertiary/aromatic N) is 3. The highest BCUT2D eigenvalue weighted by Crippen LogP contribution is 2.37. The zero-order valence-corrected chi connectivity index (χ0v) is 21.5. The van der Waals surface area contributed by atoms with E-state index in [1.54, 1.807) is 18.2 Å². The minimum atomic E-state index is -0.922. The Kier molecular flexibility index (Phi) is 8.36. The first kappa shape index (κ1) is 26.9. The van der Waals surface area contributed by atoms with Crippen molar-refractivity contribution < 1.29 is 23.4 Å². The van der Waals surface area contributed by atoms with E-state index in [1.165, 1.54) is 0 Å². The van der Waals surface area contributed by atoms with Crippen molar-refractivity contribution in [2.24, 2.45) is 5.92 Å². The van der Waals surface area contributed by atoms with E-state index in [0.717, 1.165) is 43.3 Å². The van der Waals surface area contributed by atoms with Gasteiger partial charge < -0.3 is 24.6 Å². The second-order valence-electron chi connectivity index (χ2n) is 10.00. The number of aromatic nitrogens is 2. The smallest absolute Gasteiger partial charge is 0.249 e. The van der Waals surface area contributed by atoms with Gasteiger partial charge in [-0.1, -0.05) is 30.3 Å². The summed E-state index contributed by atoms with van der Waals surface area (Å²) in [5.41, 5.74) is 0.330. The van der Waals surface area contributed by atoms with Crippen molar-refractivity contribution in [1.82, 2.24) is 19.8 Å². The normalized spacial score (nSPS) is 16.6. The highest BCUT2D eigenvalue weighted by molar-refractivity contribution is 5.78. The second kappa shape index (κ2) is 11.5. The number of aliphatic hydroxyl groups excluding tert-OH is 1. The van der Waals surface area contributed by atoms with Crippen molar-refractivity contribution in [3.8, 4) is 11.3 Å². The summed E-state index contributed by atoms with van der Waals surface area (Å²) in [6, 6.07) is 12.2. The van der Waals surface area contributed by atoms with Crippen LogP contribution in [0.25, 0.3) is 11.3 Å². The molecular weight excluding hydrogens is 478 g/mol. The summed E-state index contributed by atoms with van der Waals surface area (Å²) in [5, 5.41) is 13.2. The highest BCUT2D eigenvalue weighted by Gasteiger charge is 2.42. The lowest BCUT2D eigenvalue weighted by molar-refractivity contribution is -0.146. The molecule has 198 valence electrons. The van der Waals surface area contributed by atoms with Crippen LogP contribution in [0.1, 0.15) is 37.7 Å². The van der Waals surface area contributed by atoms with Gasteiger partial charge >= 0.3 is 0 Å². The minimum Gasteiger partial charge on any atom is -0.387 e. The van der Waals surface area contributed by atoms with E-state index in [1.807, 2.05) is 48.7 Å². The van der Waals surface area contributed by atoms with Crippen LogP contribution >= 0.6 is 0 Å². The molecule has 2 atom stereocenters. The van der Waals surface area contributed by atoms with Crippen LogP contribution in [0.5, 0.6) is 0 Å². The van der Waals surface area contributed by atoms with E-state index in [9.17, 15) is 18.7 Å². The third-order valence-electron chi connectivity index (χ3n) is 7.02. The molecule has 1 aliphatic heterocycles. The first-order chi connectivity index (χ1) is 17.7. The van der Waals surface area contributed by atoms with Gasteiger partial charge in [-0.15, -0.1) is 0 Å². The first-order valence-corrected chi connectivity index (χ1v) is 12.5. The molecule has 9 heteroatoms. The monoisotopic (exact) mass is 512 g/mol. The van der Waals surface area contributed by atoms with Crippen molar-refractivity contribution >= 4 is 5.91 Å². The molecule has 2 aromatic carbocycles. The predicted octanol–water partition coefficient (Wildman–Crippen LogP) is 3.77. The number of imidazole rings is 1. The minimum absolute atomic E-state index is 0.0297. The highest BCUT2D eigenvalue weighted by atomic mass is 19.1. The van der Waals surface area contributed by atoms with Gasteiger partial charge in [0.25, 0.3) is 0 Å². The van der Waals surface area contributed by atoms with Gasteiger partial charge in [-0.2, -0.15) is 0 Å². The van der Waals surface area contributed by atoms with Crippen LogP contribution in [0, 0.1) is 17.6 Å².